The molecule has 0 unspecified atom stereocenters. The minimum absolute atomic E-state index is 0.426. The molecular weight excluding hydrogens is 378 g/mol. The summed E-state index contributed by atoms with van der Waals surface area (Å²) in [6.45, 7) is 8.79. The van der Waals surface area contributed by atoms with Gasteiger partial charge in [0.05, 0.1) is 0 Å². The van der Waals surface area contributed by atoms with Gasteiger partial charge < -0.3 is 4.90 Å². The third-order valence-corrected chi connectivity index (χ3v) is 6.66. The lowest BCUT2D eigenvalue weighted by Gasteiger charge is -2.23. The summed E-state index contributed by atoms with van der Waals surface area (Å²) in [4.78, 5) is 15.0. The van der Waals surface area contributed by atoms with Gasteiger partial charge in [-0.25, -0.2) is 0 Å². The largest absolute Gasteiger partial charge is 0.343 e. The van der Waals surface area contributed by atoms with Crippen molar-refractivity contribution in [2.24, 2.45) is 0 Å². The molecule has 0 bridgehead atoms. The number of amides is 1. The number of hydrogen-bond acceptors (Lipinski definition) is 1. The van der Waals surface area contributed by atoms with E-state index in [-0.39, 0.29) is 0 Å². The lowest BCUT2D eigenvalue weighted by atomic mass is 10.0. The molecule has 0 atom stereocenters. The Labute approximate surface area is 197 Å². The van der Waals surface area contributed by atoms with Crippen molar-refractivity contribution in [2.75, 3.05) is 13.1 Å². The molecule has 0 fully saturated rings. The second kappa shape index (κ2) is 25.7. The Morgan fingerprint density at radius 2 is 0.710 bits per heavy atom. The van der Waals surface area contributed by atoms with Gasteiger partial charge >= 0.3 is 0 Å². The highest BCUT2D eigenvalue weighted by Crippen LogP contribution is 2.14. The summed E-state index contributed by atoms with van der Waals surface area (Å²) in [6, 6.07) is 0. The van der Waals surface area contributed by atoms with Gasteiger partial charge in [-0.2, -0.15) is 0 Å². The predicted molar refractivity (Wildman–Crippen MR) is 140 cm³/mol. The van der Waals surface area contributed by atoms with Crippen molar-refractivity contribution in [3.05, 3.63) is 0 Å². The van der Waals surface area contributed by atoms with Crippen LogP contribution in [0.15, 0.2) is 0 Å². The lowest BCUT2D eigenvalue weighted by molar-refractivity contribution is -0.131. The number of nitrogens with zero attached hydrogens (tertiary/aromatic N) is 1. The van der Waals surface area contributed by atoms with Gasteiger partial charge in [-0.3, -0.25) is 4.79 Å². The summed E-state index contributed by atoms with van der Waals surface area (Å²) in [7, 11) is 0. The second-order valence-electron chi connectivity index (χ2n) is 9.85. The van der Waals surface area contributed by atoms with E-state index in [1.165, 1.54) is 135 Å². The molecule has 0 aromatic carbocycles. The van der Waals surface area contributed by atoms with E-state index in [1.54, 1.807) is 0 Å². The number of unbranched alkanes of at least 4 members (excludes halogenated alkanes) is 19. The van der Waals surface area contributed by atoms with Crippen LogP contribution in [-0.2, 0) is 4.79 Å². The van der Waals surface area contributed by atoms with E-state index in [0.29, 0.717) is 5.91 Å². The lowest BCUT2D eigenvalue weighted by Crippen LogP contribution is -2.32. The molecule has 31 heavy (non-hydrogen) atoms. The van der Waals surface area contributed by atoms with Gasteiger partial charge in [-0.05, 0) is 19.3 Å². The number of carbonyl (C=O) groups is 1. The SMILES string of the molecule is CCCCCCCCCCCCCCCC(=O)N(CCCCCC)CCCCCCC. The molecule has 0 aromatic rings. The first-order chi connectivity index (χ1) is 15.3. The van der Waals surface area contributed by atoms with Crippen molar-refractivity contribution in [2.45, 2.75) is 168 Å². The molecule has 1 amide bonds. The minimum Gasteiger partial charge on any atom is -0.343 e. The zero-order chi connectivity index (χ0) is 22.8. The van der Waals surface area contributed by atoms with Crippen LogP contribution in [0.1, 0.15) is 168 Å². The minimum atomic E-state index is 0.426. The third kappa shape index (κ3) is 22.5. The Bertz CT molecular complexity index is 355. The quantitative estimate of drug-likeness (QED) is 0.130. The molecule has 0 saturated carbocycles. The molecule has 0 aliphatic rings. The number of carbonyl (C=O) groups excluding carboxylic acids is 1. The number of hydrogen-bond donors (Lipinski definition) is 0. The maximum atomic E-state index is 12.8. The molecule has 0 heterocycles. The molecule has 2 nitrogen and oxygen atoms in total. The van der Waals surface area contributed by atoms with Gasteiger partial charge in [0, 0.05) is 19.5 Å². The van der Waals surface area contributed by atoms with Gasteiger partial charge in [0.1, 0.15) is 0 Å². The van der Waals surface area contributed by atoms with Crippen LogP contribution in [0.3, 0.4) is 0 Å². The van der Waals surface area contributed by atoms with Crippen molar-refractivity contribution in [3.63, 3.8) is 0 Å². The van der Waals surface area contributed by atoms with Crippen LogP contribution in [0, 0.1) is 0 Å². The fourth-order valence-corrected chi connectivity index (χ4v) is 4.45. The fourth-order valence-electron chi connectivity index (χ4n) is 4.45. The van der Waals surface area contributed by atoms with E-state index in [4.69, 9.17) is 0 Å². The van der Waals surface area contributed by atoms with E-state index >= 15 is 0 Å². The van der Waals surface area contributed by atoms with Gasteiger partial charge in [-0.1, -0.05) is 143 Å². The van der Waals surface area contributed by atoms with Gasteiger partial charge in [0.2, 0.25) is 5.91 Å². The fraction of sp³-hybridized carbons (Fsp3) is 0.966. The zero-order valence-electron chi connectivity index (χ0n) is 22.0. The summed E-state index contributed by atoms with van der Waals surface area (Å²) in [5, 5.41) is 0. The predicted octanol–water partition coefficient (Wildman–Crippen LogP) is 9.85. The van der Waals surface area contributed by atoms with Crippen LogP contribution in [0.5, 0.6) is 0 Å². The van der Waals surface area contributed by atoms with Crippen molar-refractivity contribution in [1.29, 1.82) is 0 Å². The van der Waals surface area contributed by atoms with E-state index in [0.717, 1.165) is 25.9 Å². The Morgan fingerprint density at radius 1 is 0.419 bits per heavy atom. The van der Waals surface area contributed by atoms with Crippen molar-refractivity contribution < 1.29 is 4.79 Å². The third-order valence-electron chi connectivity index (χ3n) is 6.66. The van der Waals surface area contributed by atoms with Crippen molar-refractivity contribution >= 4 is 5.91 Å². The molecule has 0 aliphatic carbocycles. The monoisotopic (exact) mass is 437 g/mol. The normalized spacial score (nSPS) is 11.2. The summed E-state index contributed by atoms with van der Waals surface area (Å²) >= 11 is 0. The average molecular weight is 438 g/mol. The molecule has 0 spiro atoms. The van der Waals surface area contributed by atoms with Crippen LogP contribution in [0.25, 0.3) is 0 Å². The number of rotatable bonds is 25. The van der Waals surface area contributed by atoms with Gasteiger partial charge in [-0.15, -0.1) is 0 Å². The van der Waals surface area contributed by atoms with Crippen LogP contribution in [0.4, 0.5) is 0 Å². The molecule has 0 aliphatic heterocycles. The molecule has 0 radical (unpaired) electrons. The first kappa shape index (κ1) is 30.5. The van der Waals surface area contributed by atoms with Crippen LogP contribution < -0.4 is 0 Å². The van der Waals surface area contributed by atoms with Crippen molar-refractivity contribution in [3.8, 4) is 0 Å². The standard InChI is InChI=1S/C29H59NO/c1-4-7-10-13-14-15-16-17-18-19-20-21-23-26-29(31)30(27-24-12-9-6-3)28-25-22-11-8-5-2/h4-28H2,1-3H3. The molecule has 186 valence electrons. The van der Waals surface area contributed by atoms with E-state index < -0.39 is 0 Å². The van der Waals surface area contributed by atoms with E-state index in [1.807, 2.05) is 0 Å². The topological polar surface area (TPSA) is 20.3 Å². The maximum absolute atomic E-state index is 12.8. The smallest absolute Gasteiger partial charge is 0.222 e. The Balaban J connectivity index is 3.74. The van der Waals surface area contributed by atoms with Crippen LogP contribution in [0.2, 0.25) is 0 Å². The van der Waals surface area contributed by atoms with E-state index in [9.17, 15) is 4.79 Å². The average Bonchev–Trinajstić information content (AvgIpc) is 2.78. The Morgan fingerprint density at radius 3 is 1.10 bits per heavy atom. The first-order valence-corrected chi connectivity index (χ1v) is 14.5. The van der Waals surface area contributed by atoms with Gasteiger partial charge in [0.25, 0.3) is 0 Å². The Kier molecular flexibility index (Phi) is 25.3. The molecule has 0 saturated heterocycles. The highest BCUT2D eigenvalue weighted by Gasteiger charge is 2.12. The van der Waals surface area contributed by atoms with E-state index in [2.05, 4.69) is 25.7 Å². The molecule has 0 aromatic heterocycles. The summed E-state index contributed by atoms with van der Waals surface area (Å²) < 4.78 is 0. The molecular formula is C29H59NO. The van der Waals surface area contributed by atoms with Gasteiger partial charge in [0.15, 0.2) is 0 Å². The van der Waals surface area contributed by atoms with Crippen molar-refractivity contribution in [1.82, 2.24) is 4.90 Å². The summed E-state index contributed by atoms with van der Waals surface area (Å²) in [6.07, 6.45) is 30.0. The molecule has 2 heteroatoms. The van der Waals surface area contributed by atoms with Crippen LogP contribution >= 0.6 is 0 Å². The first-order valence-electron chi connectivity index (χ1n) is 14.5. The highest BCUT2D eigenvalue weighted by molar-refractivity contribution is 5.76. The molecule has 0 rings (SSSR count). The molecule has 0 N–H and O–H groups in total. The summed E-state index contributed by atoms with van der Waals surface area (Å²) in [5.41, 5.74) is 0. The highest BCUT2D eigenvalue weighted by atomic mass is 16.2. The van der Waals surface area contributed by atoms with Crippen LogP contribution in [-0.4, -0.2) is 23.9 Å². The second-order valence-corrected chi connectivity index (χ2v) is 9.85. The summed E-state index contributed by atoms with van der Waals surface area (Å²) in [5.74, 6) is 0.426. The Hall–Kier alpha value is -0.530. The maximum Gasteiger partial charge on any atom is 0.222 e. The zero-order valence-corrected chi connectivity index (χ0v) is 22.0.